The molecular weight excluding hydrogens is 558 g/mol. The normalized spacial score (nSPS) is 34.0. The van der Waals surface area contributed by atoms with Crippen LogP contribution >= 0.6 is 0 Å². The molecule has 3 rings (SSSR count). The number of carbonyl (C=O) groups excluding carboxylic acids is 2. The van der Waals surface area contributed by atoms with E-state index < -0.39 is 78.7 Å². The highest BCUT2D eigenvalue weighted by Crippen LogP contribution is 2.27. The number of unbranched alkanes of at least 4 members (excludes halogenated alkanes) is 1. The Morgan fingerprint density at radius 2 is 1.79 bits per heavy atom. The Labute approximate surface area is 241 Å². The summed E-state index contributed by atoms with van der Waals surface area (Å²) in [4.78, 5) is 39.8. The first-order valence-corrected chi connectivity index (χ1v) is 13.7. The van der Waals surface area contributed by atoms with Crippen molar-refractivity contribution in [1.82, 2.24) is 20.2 Å². The number of nitrogens with zero attached hydrogens (tertiary/aromatic N) is 2. The lowest BCUT2D eigenvalue weighted by atomic mass is 9.84. The summed E-state index contributed by atoms with van der Waals surface area (Å²) >= 11 is 0. The summed E-state index contributed by atoms with van der Waals surface area (Å²) in [5.74, 6) is -0.859. The number of nitrogens with one attached hydrogen (secondary N) is 2. The minimum Gasteiger partial charge on any atom is -0.389 e. The lowest BCUT2D eigenvalue weighted by Crippen LogP contribution is -2.67. The standard InChI is InChI=1S/C24H43N9O9/c25-10(3-1-2-5-30-15(34)9-33-6-4-14(28)32-24(33)40)22(39)31-8-13-18(36)19(37)16(29)23(41-13)42-21-12(27)7-11(26)17(35)20(21)38/h4,6,10-13,16-21,23,35-38H,1-3,5,7-9,25-27,29H2,(H,30,34)(H,31,39)(H2,28,32,40)/t10?,11-,12+,13-,16-,17+,18-,19-,20-,21-,23-/m1/s1. The Kier molecular flexibility index (Phi) is 12.1. The van der Waals surface area contributed by atoms with Gasteiger partial charge in [0, 0.05) is 31.4 Å². The maximum atomic E-state index is 12.5. The summed E-state index contributed by atoms with van der Waals surface area (Å²) in [6.07, 6.45) is -6.41. The highest BCUT2D eigenvalue weighted by Gasteiger charge is 2.48. The van der Waals surface area contributed by atoms with Crippen LogP contribution in [0.5, 0.6) is 0 Å². The van der Waals surface area contributed by atoms with Gasteiger partial charge in [-0.2, -0.15) is 4.98 Å². The zero-order valence-electron chi connectivity index (χ0n) is 23.1. The summed E-state index contributed by atoms with van der Waals surface area (Å²) in [7, 11) is 0. The number of nitrogen functional groups attached to an aromatic ring is 1. The van der Waals surface area contributed by atoms with Gasteiger partial charge in [0.15, 0.2) is 6.29 Å². The van der Waals surface area contributed by atoms with E-state index >= 15 is 0 Å². The Hall–Kier alpha value is -2.78. The zero-order chi connectivity index (χ0) is 31.1. The Balaban J connectivity index is 1.40. The van der Waals surface area contributed by atoms with Crippen LogP contribution in [0.2, 0.25) is 0 Å². The third kappa shape index (κ3) is 8.63. The molecule has 1 unspecified atom stereocenters. The number of aromatic nitrogens is 2. The van der Waals surface area contributed by atoms with E-state index in [9.17, 15) is 34.8 Å². The molecule has 18 nitrogen and oxygen atoms in total. The van der Waals surface area contributed by atoms with Crippen LogP contribution in [0.4, 0.5) is 5.82 Å². The van der Waals surface area contributed by atoms with Gasteiger partial charge >= 0.3 is 5.69 Å². The molecule has 0 aromatic carbocycles. The molecule has 1 aliphatic heterocycles. The number of rotatable bonds is 12. The van der Waals surface area contributed by atoms with Gasteiger partial charge in [-0.05, 0) is 31.7 Å². The maximum absolute atomic E-state index is 12.5. The number of nitrogens with two attached hydrogens (primary N) is 5. The number of ether oxygens (including phenoxy) is 2. The molecule has 0 radical (unpaired) electrons. The molecule has 1 aliphatic carbocycles. The van der Waals surface area contributed by atoms with Crippen LogP contribution in [-0.2, 0) is 25.6 Å². The predicted octanol–water partition coefficient (Wildman–Crippen LogP) is -6.51. The van der Waals surface area contributed by atoms with E-state index in [-0.39, 0.29) is 37.7 Å². The quantitative estimate of drug-likeness (QED) is 0.0992. The molecule has 2 aliphatic rings. The summed E-state index contributed by atoms with van der Waals surface area (Å²) < 4.78 is 12.5. The van der Waals surface area contributed by atoms with Crippen molar-refractivity contribution in [3.05, 3.63) is 22.7 Å². The summed E-state index contributed by atoms with van der Waals surface area (Å²) in [6.45, 7) is -0.146. The van der Waals surface area contributed by atoms with E-state index in [0.29, 0.717) is 19.4 Å². The highest BCUT2D eigenvalue weighted by atomic mass is 16.7. The summed E-state index contributed by atoms with van der Waals surface area (Å²) in [5, 5.41) is 46.6. The van der Waals surface area contributed by atoms with Crippen LogP contribution in [0.3, 0.4) is 0 Å². The molecule has 1 saturated heterocycles. The second-order valence-corrected chi connectivity index (χ2v) is 10.7. The maximum Gasteiger partial charge on any atom is 0.349 e. The minimum atomic E-state index is -1.49. The number of hydrogen-bond acceptors (Lipinski definition) is 15. The highest BCUT2D eigenvalue weighted by molar-refractivity contribution is 5.81. The van der Waals surface area contributed by atoms with Crippen molar-refractivity contribution in [2.24, 2.45) is 22.9 Å². The monoisotopic (exact) mass is 601 g/mol. The molecular formula is C24H43N9O9. The van der Waals surface area contributed by atoms with Crippen molar-refractivity contribution in [3.63, 3.8) is 0 Å². The number of anilines is 1. The van der Waals surface area contributed by atoms with Crippen molar-refractivity contribution < 1.29 is 39.5 Å². The number of amides is 2. The molecule has 11 atom stereocenters. The number of aliphatic hydroxyl groups is 4. The lowest BCUT2D eigenvalue weighted by molar-refractivity contribution is -0.288. The van der Waals surface area contributed by atoms with Crippen molar-refractivity contribution in [1.29, 1.82) is 0 Å². The fourth-order valence-corrected chi connectivity index (χ4v) is 4.82. The van der Waals surface area contributed by atoms with Gasteiger partial charge in [-0.3, -0.25) is 14.2 Å². The predicted molar refractivity (Wildman–Crippen MR) is 147 cm³/mol. The smallest absolute Gasteiger partial charge is 0.349 e. The van der Waals surface area contributed by atoms with Crippen molar-refractivity contribution in [3.8, 4) is 0 Å². The summed E-state index contributed by atoms with van der Waals surface area (Å²) in [6, 6.07) is -2.22. The Bertz CT molecular complexity index is 1110. The molecule has 16 N–H and O–H groups in total. The minimum absolute atomic E-state index is 0.0626. The molecule has 0 bridgehead atoms. The van der Waals surface area contributed by atoms with Gasteiger partial charge in [0.25, 0.3) is 0 Å². The fraction of sp³-hybridized carbons (Fsp3) is 0.750. The molecule has 1 aromatic heterocycles. The van der Waals surface area contributed by atoms with Crippen LogP contribution in [0.15, 0.2) is 17.1 Å². The van der Waals surface area contributed by atoms with Crippen molar-refractivity contribution >= 4 is 17.6 Å². The third-order valence-electron chi connectivity index (χ3n) is 7.42. The second-order valence-electron chi connectivity index (χ2n) is 10.7. The molecule has 2 heterocycles. The number of hydrogen-bond donors (Lipinski definition) is 11. The van der Waals surface area contributed by atoms with E-state index in [1.165, 1.54) is 12.3 Å². The Morgan fingerprint density at radius 3 is 2.48 bits per heavy atom. The van der Waals surface area contributed by atoms with Gasteiger partial charge < -0.3 is 69.2 Å². The Morgan fingerprint density at radius 1 is 1.07 bits per heavy atom. The molecule has 1 saturated carbocycles. The van der Waals surface area contributed by atoms with Crippen molar-refractivity contribution in [2.45, 2.75) is 99.3 Å². The molecule has 18 heteroatoms. The SMILES string of the molecule is Nc1ccn(CC(=O)NCCCCC(N)C(=O)NC[C@H]2O[C@H](O[C@H]3[C@H](O)[C@@H](O)[C@H](N)C[C@@H]3N)[C@H](N)[C@@H](O)[C@@H]2O)c(=O)n1. The topological polar surface area (TPSA) is 323 Å². The molecule has 238 valence electrons. The number of aliphatic hydroxyl groups excluding tert-OH is 4. The van der Waals surface area contributed by atoms with Crippen LogP contribution in [0, 0.1) is 0 Å². The summed E-state index contributed by atoms with van der Waals surface area (Å²) in [5.41, 5.74) is 28.5. The molecule has 2 amide bonds. The van der Waals surface area contributed by atoms with Crippen LogP contribution in [-0.4, -0.2) is 122 Å². The van der Waals surface area contributed by atoms with Crippen LogP contribution < -0.4 is 45.0 Å². The van der Waals surface area contributed by atoms with E-state index in [1.54, 1.807) is 0 Å². The van der Waals surface area contributed by atoms with Gasteiger partial charge in [-0.25, -0.2) is 4.79 Å². The molecule has 42 heavy (non-hydrogen) atoms. The first-order chi connectivity index (χ1) is 19.8. The molecule has 1 aromatic rings. The van der Waals surface area contributed by atoms with Gasteiger partial charge in [-0.15, -0.1) is 0 Å². The average Bonchev–Trinajstić information content (AvgIpc) is 2.94. The molecule has 0 spiro atoms. The van der Waals surface area contributed by atoms with Gasteiger partial charge in [-0.1, -0.05) is 0 Å². The molecule has 2 fully saturated rings. The fourth-order valence-electron chi connectivity index (χ4n) is 4.82. The van der Waals surface area contributed by atoms with Crippen LogP contribution in [0.25, 0.3) is 0 Å². The van der Waals surface area contributed by atoms with Gasteiger partial charge in [0.1, 0.15) is 42.9 Å². The van der Waals surface area contributed by atoms with Gasteiger partial charge in [0.05, 0.1) is 18.2 Å². The largest absolute Gasteiger partial charge is 0.389 e. The van der Waals surface area contributed by atoms with E-state index in [1.807, 2.05) is 0 Å². The van der Waals surface area contributed by atoms with Gasteiger partial charge in [0.2, 0.25) is 11.8 Å². The number of carbonyl (C=O) groups is 2. The van der Waals surface area contributed by atoms with E-state index in [2.05, 4.69) is 15.6 Å². The van der Waals surface area contributed by atoms with E-state index in [0.717, 1.165) is 4.57 Å². The lowest BCUT2D eigenvalue weighted by Gasteiger charge is -2.45. The average molecular weight is 602 g/mol. The third-order valence-corrected chi connectivity index (χ3v) is 7.42. The van der Waals surface area contributed by atoms with Crippen molar-refractivity contribution in [2.75, 3.05) is 18.8 Å². The first-order valence-electron chi connectivity index (χ1n) is 13.7. The zero-order valence-corrected chi connectivity index (χ0v) is 23.1. The second kappa shape index (κ2) is 15.1. The van der Waals surface area contributed by atoms with Crippen LogP contribution in [0.1, 0.15) is 25.7 Å². The first kappa shape index (κ1) is 33.7. The van der Waals surface area contributed by atoms with E-state index in [4.69, 9.17) is 38.1 Å².